The van der Waals surface area contributed by atoms with Gasteiger partial charge >= 0.3 is 0 Å². The number of anilines is 1. The van der Waals surface area contributed by atoms with Crippen LogP contribution in [0.5, 0.6) is 0 Å². The van der Waals surface area contributed by atoms with Crippen molar-refractivity contribution in [1.82, 2.24) is 10.2 Å². The van der Waals surface area contributed by atoms with Gasteiger partial charge in [-0.2, -0.15) is 5.10 Å². The summed E-state index contributed by atoms with van der Waals surface area (Å²) in [4.78, 5) is 0. The second kappa shape index (κ2) is 4.62. The molecule has 1 aromatic heterocycles. The third-order valence-electron chi connectivity index (χ3n) is 3.05. The van der Waals surface area contributed by atoms with Gasteiger partial charge in [-0.25, -0.2) is 0 Å². The van der Waals surface area contributed by atoms with E-state index in [0.29, 0.717) is 5.92 Å². The first kappa shape index (κ1) is 11.7. The molecule has 0 bridgehead atoms. The van der Waals surface area contributed by atoms with Gasteiger partial charge in [0.15, 0.2) is 0 Å². The van der Waals surface area contributed by atoms with E-state index in [1.807, 2.05) is 13.1 Å². The van der Waals surface area contributed by atoms with Crippen molar-refractivity contribution in [1.29, 1.82) is 0 Å². The quantitative estimate of drug-likeness (QED) is 0.845. The Bertz CT molecular complexity index is 512. The zero-order valence-electron chi connectivity index (χ0n) is 10.8. The lowest BCUT2D eigenvalue weighted by Gasteiger charge is -2.09. The van der Waals surface area contributed by atoms with Crippen molar-refractivity contribution in [2.45, 2.75) is 26.7 Å². The molecule has 0 aliphatic rings. The van der Waals surface area contributed by atoms with Crippen molar-refractivity contribution in [2.75, 3.05) is 12.4 Å². The van der Waals surface area contributed by atoms with E-state index in [4.69, 9.17) is 0 Å². The summed E-state index contributed by atoms with van der Waals surface area (Å²) in [7, 11) is 1.87. The van der Waals surface area contributed by atoms with Crippen molar-refractivity contribution >= 4 is 5.82 Å². The van der Waals surface area contributed by atoms with E-state index in [2.05, 4.69) is 54.5 Å². The lowest BCUT2D eigenvalue weighted by atomic mass is 9.96. The van der Waals surface area contributed by atoms with Gasteiger partial charge in [0.05, 0.1) is 5.69 Å². The summed E-state index contributed by atoms with van der Waals surface area (Å²) in [6, 6.07) is 8.64. The Labute approximate surface area is 102 Å². The van der Waals surface area contributed by atoms with Crippen molar-refractivity contribution in [3.63, 3.8) is 0 Å². The Balaban J connectivity index is 2.46. The molecule has 0 aliphatic heterocycles. The minimum absolute atomic E-state index is 0.543. The summed E-state index contributed by atoms with van der Waals surface area (Å²) in [5.41, 5.74) is 4.91. The minimum Gasteiger partial charge on any atom is -0.372 e. The second-order valence-corrected chi connectivity index (χ2v) is 4.65. The Morgan fingerprint density at radius 1 is 1.24 bits per heavy atom. The molecule has 3 nitrogen and oxygen atoms in total. The van der Waals surface area contributed by atoms with Crippen LogP contribution in [0.15, 0.2) is 24.3 Å². The van der Waals surface area contributed by atoms with Crippen LogP contribution >= 0.6 is 0 Å². The molecule has 2 aromatic rings. The molecule has 0 amide bonds. The van der Waals surface area contributed by atoms with Gasteiger partial charge in [-0.1, -0.05) is 26.0 Å². The van der Waals surface area contributed by atoms with Gasteiger partial charge in [-0.15, -0.1) is 0 Å². The highest BCUT2D eigenvalue weighted by Gasteiger charge is 2.08. The fourth-order valence-corrected chi connectivity index (χ4v) is 1.88. The number of nitrogens with zero attached hydrogens (tertiary/aromatic N) is 1. The fraction of sp³-hybridized carbons (Fsp3) is 0.357. The Morgan fingerprint density at radius 3 is 2.59 bits per heavy atom. The zero-order valence-corrected chi connectivity index (χ0v) is 10.8. The first-order chi connectivity index (χ1) is 8.11. The second-order valence-electron chi connectivity index (χ2n) is 4.65. The number of benzene rings is 1. The van der Waals surface area contributed by atoms with Crippen LogP contribution in [-0.2, 0) is 0 Å². The van der Waals surface area contributed by atoms with Gasteiger partial charge in [0.1, 0.15) is 5.82 Å². The Kier molecular flexibility index (Phi) is 3.18. The molecule has 0 unspecified atom stereocenters. The van der Waals surface area contributed by atoms with E-state index in [0.717, 1.165) is 11.5 Å². The van der Waals surface area contributed by atoms with Crippen LogP contribution < -0.4 is 5.32 Å². The third kappa shape index (κ3) is 2.33. The van der Waals surface area contributed by atoms with Crippen molar-refractivity contribution in [2.24, 2.45) is 0 Å². The summed E-state index contributed by atoms with van der Waals surface area (Å²) in [5.74, 6) is 1.41. The molecule has 2 N–H and O–H groups in total. The first-order valence-electron chi connectivity index (χ1n) is 5.96. The number of aromatic nitrogens is 2. The summed E-state index contributed by atoms with van der Waals surface area (Å²) >= 11 is 0. The first-order valence-corrected chi connectivity index (χ1v) is 5.96. The standard InChI is InChI=1S/C14H19N3/c1-9(2)11-6-5-10(3)12(7-11)13-8-14(15-4)17-16-13/h5-9H,1-4H3,(H2,15,16,17). The Morgan fingerprint density at radius 2 is 2.00 bits per heavy atom. The molecule has 0 atom stereocenters. The minimum atomic E-state index is 0.543. The molecular formula is C14H19N3. The van der Waals surface area contributed by atoms with Crippen LogP contribution in [0.3, 0.4) is 0 Å². The smallest absolute Gasteiger partial charge is 0.148 e. The van der Waals surface area contributed by atoms with E-state index >= 15 is 0 Å². The lowest BCUT2D eigenvalue weighted by molar-refractivity contribution is 0.866. The van der Waals surface area contributed by atoms with Crippen LogP contribution in [0.25, 0.3) is 11.3 Å². The van der Waals surface area contributed by atoms with E-state index in [1.165, 1.54) is 16.7 Å². The van der Waals surface area contributed by atoms with Gasteiger partial charge in [0, 0.05) is 18.7 Å². The molecule has 1 heterocycles. The number of H-pyrrole nitrogens is 1. The Hall–Kier alpha value is -1.77. The average Bonchev–Trinajstić information content (AvgIpc) is 2.77. The molecule has 0 aliphatic carbocycles. The molecular weight excluding hydrogens is 210 g/mol. The molecule has 2 rings (SSSR count). The highest BCUT2D eigenvalue weighted by molar-refractivity contribution is 5.67. The van der Waals surface area contributed by atoms with Crippen LogP contribution in [0, 0.1) is 6.92 Å². The highest BCUT2D eigenvalue weighted by Crippen LogP contribution is 2.27. The van der Waals surface area contributed by atoms with Gasteiger partial charge in [0.25, 0.3) is 0 Å². The van der Waals surface area contributed by atoms with Gasteiger partial charge < -0.3 is 5.32 Å². The predicted octanol–water partition coefficient (Wildman–Crippen LogP) is 3.55. The lowest BCUT2D eigenvalue weighted by Crippen LogP contribution is -1.91. The van der Waals surface area contributed by atoms with Crippen LogP contribution in [0.4, 0.5) is 5.82 Å². The maximum absolute atomic E-state index is 4.19. The van der Waals surface area contributed by atoms with Crippen LogP contribution in [0.1, 0.15) is 30.9 Å². The van der Waals surface area contributed by atoms with E-state index in [1.54, 1.807) is 0 Å². The molecule has 0 saturated carbocycles. The SMILES string of the molecule is CNc1cc(-c2cc(C(C)C)ccc2C)[nH]n1. The number of rotatable bonds is 3. The molecule has 90 valence electrons. The molecule has 3 heteroatoms. The molecule has 0 radical (unpaired) electrons. The molecule has 0 spiro atoms. The maximum Gasteiger partial charge on any atom is 0.148 e. The van der Waals surface area contributed by atoms with Gasteiger partial charge in [-0.05, 0) is 30.0 Å². The molecule has 0 saturated heterocycles. The highest BCUT2D eigenvalue weighted by atomic mass is 15.2. The number of hydrogen-bond donors (Lipinski definition) is 2. The van der Waals surface area contributed by atoms with Crippen molar-refractivity contribution in [3.05, 3.63) is 35.4 Å². The number of hydrogen-bond acceptors (Lipinski definition) is 2. The summed E-state index contributed by atoms with van der Waals surface area (Å²) < 4.78 is 0. The summed E-state index contributed by atoms with van der Waals surface area (Å²) in [6.07, 6.45) is 0. The normalized spacial score (nSPS) is 10.9. The van der Waals surface area contributed by atoms with Crippen molar-refractivity contribution in [3.8, 4) is 11.3 Å². The van der Waals surface area contributed by atoms with Gasteiger partial charge in [0.2, 0.25) is 0 Å². The van der Waals surface area contributed by atoms with Gasteiger partial charge in [-0.3, -0.25) is 5.10 Å². The fourth-order valence-electron chi connectivity index (χ4n) is 1.88. The maximum atomic E-state index is 4.19. The third-order valence-corrected chi connectivity index (χ3v) is 3.05. The number of aromatic amines is 1. The van der Waals surface area contributed by atoms with E-state index in [9.17, 15) is 0 Å². The topological polar surface area (TPSA) is 40.7 Å². The van der Waals surface area contributed by atoms with E-state index < -0.39 is 0 Å². The van der Waals surface area contributed by atoms with E-state index in [-0.39, 0.29) is 0 Å². The predicted molar refractivity (Wildman–Crippen MR) is 72.4 cm³/mol. The summed E-state index contributed by atoms with van der Waals surface area (Å²) in [6.45, 7) is 6.54. The molecule has 0 fully saturated rings. The zero-order chi connectivity index (χ0) is 12.4. The number of aryl methyl sites for hydroxylation is 1. The molecule has 17 heavy (non-hydrogen) atoms. The largest absolute Gasteiger partial charge is 0.372 e. The molecule has 1 aromatic carbocycles. The monoisotopic (exact) mass is 229 g/mol. The van der Waals surface area contributed by atoms with Crippen LogP contribution in [-0.4, -0.2) is 17.2 Å². The van der Waals surface area contributed by atoms with Crippen molar-refractivity contribution < 1.29 is 0 Å². The van der Waals surface area contributed by atoms with Crippen LogP contribution in [0.2, 0.25) is 0 Å². The number of nitrogens with one attached hydrogen (secondary N) is 2. The average molecular weight is 229 g/mol. The summed E-state index contributed by atoms with van der Waals surface area (Å²) in [5, 5.41) is 10.3.